The summed E-state index contributed by atoms with van der Waals surface area (Å²) in [5.41, 5.74) is 4.00. The van der Waals surface area contributed by atoms with Gasteiger partial charge < -0.3 is 10.2 Å². The zero-order valence-corrected chi connectivity index (χ0v) is 13.8. The Hall–Kier alpha value is -2.83. The summed E-state index contributed by atoms with van der Waals surface area (Å²) in [5.74, 6) is 0.992. The van der Waals surface area contributed by atoms with Gasteiger partial charge >= 0.3 is 0 Å². The molecule has 0 saturated heterocycles. The lowest BCUT2D eigenvalue weighted by Crippen LogP contribution is -2.20. The first kappa shape index (κ1) is 14.7. The maximum atomic E-state index is 12.4. The molecular formula is C17H20N6O. The van der Waals surface area contributed by atoms with Crippen LogP contribution >= 0.6 is 0 Å². The lowest BCUT2D eigenvalue weighted by Gasteiger charge is -2.12. The second-order valence-corrected chi connectivity index (χ2v) is 6.32. The third-order valence-electron chi connectivity index (χ3n) is 4.43. The Morgan fingerprint density at radius 1 is 1.21 bits per heavy atom. The first-order chi connectivity index (χ1) is 11.6. The highest BCUT2D eigenvalue weighted by molar-refractivity contribution is 5.47. The van der Waals surface area contributed by atoms with Crippen LogP contribution in [0, 0.1) is 0 Å². The predicted molar refractivity (Wildman–Crippen MR) is 93.7 cm³/mol. The third kappa shape index (κ3) is 2.51. The van der Waals surface area contributed by atoms with Crippen LogP contribution in [0.5, 0.6) is 0 Å². The number of nitrogens with zero attached hydrogens (tertiary/aromatic N) is 4. The van der Waals surface area contributed by atoms with Gasteiger partial charge in [-0.1, -0.05) is 12.1 Å². The first-order valence-corrected chi connectivity index (χ1v) is 8.12. The molecule has 0 fully saturated rings. The lowest BCUT2D eigenvalue weighted by molar-refractivity contribution is 0.868. The van der Waals surface area contributed by atoms with E-state index >= 15 is 0 Å². The lowest BCUT2D eigenvalue weighted by atomic mass is 10.2. The smallest absolute Gasteiger partial charge is 0.277 e. The van der Waals surface area contributed by atoms with Crippen molar-refractivity contribution in [2.45, 2.75) is 25.8 Å². The van der Waals surface area contributed by atoms with Crippen LogP contribution in [-0.4, -0.2) is 33.7 Å². The Balaban J connectivity index is 1.55. The molecule has 24 heavy (non-hydrogen) atoms. The highest BCUT2D eigenvalue weighted by Crippen LogP contribution is 2.17. The van der Waals surface area contributed by atoms with E-state index in [1.165, 1.54) is 4.52 Å². The van der Waals surface area contributed by atoms with Crippen LogP contribution in [0.1, 0.15) is 23.2 Å². The van der Waals surface area contributed by atoms with Gasteiger partial charge in [0.05, 0.1) is 5.69 Å². The van der Waals surface area contributed by atoms with Crippen LogP contribution in [0.15, 0.2) is 29.1 Å². The first-order valence-electron chi connectivity index (χ1n) is 8.12. The molecule has 0 atom stereocenters. The summed E-state index contributed by atoms with van der Waals surface area (Å²) in [5, 5.41) is 6.23. The van der Waals surface area contributed by atoms with Crippen molar-refractivity contribution in [3.05, 3.63) is 51.4 Å². The van der Waals surface area contributed by atoms with Crippen LogP contribution in [0.2, 0.25) is 0 Å². The molecule has 2 N–H and O–H groups in total. The molecule has 124 valence electrons. The second kappa shape index (κ2) is 5.67. The zero-order chi connectivity index (χ0) is 16.7. The van der Waals surface area contributed by atoms with Crippen LogP contribution in [0.3, 0.4) is 0 Å². The number of aryl methyl sites for hydroxylation is 1. The van der Waals surface area contributed by atoms with E-state index in [0.29, 0.717) is 18.3 Å². The van der Waals surface area contributed by atoms with Gasteiger partial charge in [0.2, 0.25) is 5.95 Å². The SMILES string of the molecule is CN(C)c1ccc(CNc2nc3nc4c(c(=O)n3[nH]2)CCC4)cc1. The summed E-state index contributed by atoms with van der Waals surface area (Å²) in [6, 6.07) is 8.30. The quantitative estimate of drug-likeness (QED) is 0.762. The Bertz CT molecular complexity index is 938. The fourth-order valence-electron chi connectivity index (χ4n) is 3.06. The Labute approximate surface area is 139 Å². The van der Waals surface area contributed by atoms with Crippen LogP contribution < -0.4 is 15.8 Å². The number of fused-ring (bicyclic) bond motifs is 2. The molecule has 1 aromatic carbocycles. The minimum absolute atomic E-state index is 0.0246. The summed E-state index contributed by atoms with van der Waals surface area (Å²) in [4.78, 5) is 23.4. The number of hydrogen-bond acceptors (Lipinski definition) is 5. The predicted octanol–water partition coefficient (Wildman–Crippen LogP) is 1.58. The zero-order valence-electron chi connectivity index (χ0n) is 13.8. The van der Waals surface area contributed by atoms with Gasteiger partial charge in [0.25, 0.3) is 11.3 Å². The van der Waals surface area contributed by atoms with Crippen molar-refractivity contribution in [2.75, 3.05) is 24.3 Å². The molecule has 4 rings (SSSR count). The highest BCUT2D eigenvalue weighted by atomic mass is 16.1. The van der Waals surface area contributed by atoms with Gasteiger partial charge in [-0.25, -0.2) is 4.98 Å². The number of nitrogens with one attached hydrogen (secondary N) is 2. The topological polar surface area (TPSA) is 78.3 Å². The van der Waals surface area contributed by atoms with Crippen molar-refractivity contribution in [3.63, 3.8) is 0 Å². The monoisotopic (exact) mass is 324 g/mol. The van der Waals surface area contributed by atoms with E-state index in [2.05, 4.69) is 49.5 Å². The number of benzene rings is 1. The molecule has 0 aliphatic heterocycles. The maximum absolute atomic E-state index is 12.4. The Morgan fingerprint density at radius 3 is 2.75 bits per heavy atom. The molecule has 7 nitrogen and oxygen atoms in total. The van der Waals surface area contributed by atoms with Crippen molar-refractivity contribution in [2.24, 2.45) is 0 Å². The molecule has 1 aliphatic rings. The molecule has 7 heteroatoms. The number of rotatable bonds is 4. The van der Waals surface area contributed by atoms with Gasteiger partial charge in [0, 0.05) is 31.9 Å². The fourth-order valence-corrected chi connectivity index (χ4v) is 3.06. The summed E-state index contributed by atoms with van der Waals surface area (Å²) in [6.07, 6.45) is 2.68. The highest BCUT2D eigenvalue weighted by Gasteiger charge is 2.19. The van der Waals surface area contributed by atoms with Crippen LogP contribution in [-0.2, 0) is 19.4 Å². The standard InChI is InChI=1S/C17H20N6O/c1-22(2)12-8-6-11(7-9-12)10-18-16-20-17-19-14-5-3-4-13(14)15(24)23(17)21-16/h6-9H,3-5,10H2,1-2H3,(H2,18,19,20,21). The Kier molecular flexibility index (Phi) is 3.48. The van der Waals surface area contributed by atoms with E-state index < -0.39 is 0 Å². The van der Waals surface area contributed by atoms with Crippen molar-refractivity contribution >= 4 is 17.4 Å². The summed E-state index contributed by atoms with van der Waals surface area (Å²) < 4.78 is 1.43. The molecule has 0 unspecified atom stereocenters. The molecular weight excluding hydrogens is 304 g/mol. The van der Waals surface area contributed by atoms with E-state index in [9.17, 15) is 4.79 Å². The Morgan fingerprint density at radius 2 is 2.00 bits per heavy atom. The number of aromatic nitrogens is 4. The molecule has 2 aromatic heterocycles. The summed E-state index contributed by atoms with van der Waals surface area (Å²) in [7, 11) is 4.04. The average Bonchev–Trinajstić information content (AvgIpc) is 3.20. The molecule has 0 radical (unpaired) electrons. The molecule has 0 amide bonds. The van der Waals surface area contributed by atoms with Gasteiger partial charge in [0.1, 0.15) is 0 Å². The average molecular weight is 324 g/mol. The third-order valence-corrected chi connectivity index (χ3v) is 4.43. The second-order valence-electron chi connectivity index (χ2n) is 6.32. The molecule has 0 spiro atoms. The van der Waals surface area contributed by atoms with Gasteiger partial charge in [-0.05, 0) is 37.0 Å². The molecule has 0 saturated carbocycles. The minimum atomic E-state index is -0.0246. The van der Waals surface area contributed by atoms with Crippen LogP contribution in [0.25, 0.3) is 5.78 Å². The van der Waals surface area contributed by atoms with Gasteiger partial charge in [-0.3, -0.25) is 9.89 Å². The van der Waals surface area contributed by atoms with Gasteiger partial charge in [0.15, 0.2) is 0 Å². The van der Waals surface area contributed by atoms with E-state index in [0.717, 1.165) is 41.8 Å². The number of anilines is 2. The minimum Gasteiger partial charge on any atom is -0.378 e. The molecule has 0 bridgehead atoms. The maximum Gasteiger partial charge on any atom is 0.277 e. The molecule has 3 aromatic rings. The molecule has 1 aliphatic carbocycles. The van der Waals surface area contributed by atoms with E-state index in [4.69, 9.17) is 0 Å². The van der Waals surface area contributed by atoms with Crippen LogP contribution in [0.4, 0.5) is 11.6 Å². The summed E-state index contributed by atoms with van der Waals surface area (Å²) >= 11 is 0. The van der Waals surface area contributed by atoms with Crippen molar-refractivity contribution in [1.82, 2.24) is 19.6 Å². The number of H-pyrrole nitrogens is 1. The fraction of sp³-hybridized carbons (Fsp3) is 0.353. The normalized spacial score (nSPS) is 13.2. The number of hydrogen-bond donors (Lipinski definition) is 2. The van der Waals surface area contributed by atoms with E-state index in [-0.39, 0.29) is 5.56 Å². The van der Waals surface area contributed by atoms with Gasteiger partial charge in [-0.15, -0.1) is 0 Å². The van der Waals surface area contributed by atoms with Crippen molar-refractivity contribution < 1.29 is 0 Å². The number of aromatic amines is 1. The van der Waals surface area contributed by atoms with E-state index in [1.807, 2.05) is 14.1 Å². The molecule has 2 heterocycles. The summed E-state index contributed by atoms with van der Waals surface area (Å²) in [6.45, 7) is 0.627. The largest absolute Gasteiger partial charge is 0.378 e. The van der Waals surface area contributed by atoms with Gasteiger partial charge in [-0.2, -0.15) is 9.50 Å². The van der Waals surface area contributed by atoms with E-state index in [1.54, 1.807) is 0 Å². The van der Waals surface area contributed by atoms with Crippen molar-refractivity contribution in [3.8, 4) is 0 Å². The van der Waals surface area contributed by atoms with Crippen molar-refractivity contribution in [1.29, 1.82) is 0 Å².